The molecule has 0 aromatic heterocycles. The van der Waals surface area contributed by atoms with Gasteiger partial charge in [-0.25, -0.2) is 0 Å². The third-order valence-corrected chi connectivity index (χ3v) is 3.05. The van der Waals surface area contributed by atoms with Gasteiger partial charge in [0.25, 0.3) is 0 Å². The zero-order chi connectivity index (χ0) is 14.6. The summed E-state index contributed by atoms with van der Waals surface area (Å²) < 4.78 is 37.4. The van der Waals surface area contributed by atoms with E-state index in [0.29, 0.717) is 12.8 Å². The van der Waals surface area contributed by atoms with Gasteiger partial charge < -0.3 is 4.79 Å². The Labute approximate surface area is 115 Å². The van der Waals surface area contributed by atoms with Crippen molar-refractivity contribution in [2.45, 2.75) is 19.0 Å². The minimum Gasteiger partial charge on any atom is -0.303 e. The first-order valence-electron chi connectivity index (χ1n) is 6.21. The van der Waals surface area contributed by atoms with Crippen LogP contribution in [0.15, 0.2) is 48.5 Å². The SMILES string of the molecule is O=CCCc1ccc(-c2ccc(C(F)(F)F)cc2)cc1. The maximum absolute atomic E-state index is 12.5. The molecule has 0 aliphatic carbocycles. The summed E-state index contributed by atoms with van der Waals surface area (Å²) in [5, 5.41) is 0. The van der Waals surface area contributed by atoms with E-state index in [1.165, 1.54) is 12.1 Å². The summed E-state index contributed by atoms with van der Waals surface area (Å²) in [5.41, 5.74) is 1.98. The second-order valence-corrected chi connectivity index (χ2v) is 4.48. The molecule has 2 aromatic carbocycles. The lowest BCUT2D eigenvalue weighted by molar-refractivity contribution is -0.137. The van der Waals surface area contributed by atoms with Crippen molar-refractivity contribution in [3.05, 3.63) is 59.7 Å². The molecule has 0 N–H and O–H groups in total. The highest BCUT2D eigenvalue weighted by Crippen LogP contribution is 2.31. The lowest BCUT2D eigenvalue weighted by Crippen LogP contribution is -2.03. The Hall–Kier alpha value is -2.10. The Balaban J connectivity index is 2.17. The summed E-state index contributed by atoms with van der Waals surface area (Å²) in [7, 11) is 0. The topological polar surface area (TPSA) is 17.1 Å². The Morgan fingerprint density at radius 1 is 0.850 bits per heavy atom. The predicted octanol–water partition coefficient (Wildman–Crippen LogP) is 4.50. The predicted molar refractivity (Wildman–Crippen MR) is 71.3 cm³/mol. The fourth-order valence-corrected chi connectivity index (χ4v) is 1.94. The van der Waals surface area contributed by atoms with Gasteiger partial charge in [0, 0.05) is 6.42 Å². The molecule has 0 spiro atoms. The van der Waals surface area contributed by atoms with Crippen LogP contribution in [0, 0.1) is 0 Å². The quantitative estimate of drug-likeness (QED) is 0.752. The number of hydrogen-bond acceptors (Lipinski definition) is 1. The highest BCUT2D eigenvalue weighted by atomic mass is 19.4. The molecule has 0 aliphatic rings. The summed E-state index contributed by atoms with van der Waals surface area (Å²) in [6, 6.07) is 12.6. The van der Waals surface area contributed by atoms with Gasteiger partial charge in [-0.2, -0.15) is 13.2 Å². The highest BCUT2D eigenvalue weighted by molar-refractivity contribution is 5.64. The van der Waals surface area contributed by atoms with E-state index >= 15 is 0 Å². The molecule has 0 fully saturated rings. The van der Waals surface area contributed by atoms with Gasteiger partial charge in [0.05, 0.1) is 5.56 Å². The third kappa shape index (κ3) is 3.47. The van der Waals surface area contributed by atoms with Crippen LogP contribution in [-0.4, -0.2) is 6.29 Å². The van der Waals surface area contributed by atoms with Gasteiger partial charge >= 0.3 is 6.18 Å². The van der Waals surface area contributed by atoms with E-state index in [4.69, 9.17) is 0 Å². The average molecular weight is 278 g/mol. The first-order chi connectivity index (χ1) is 9.50. The molecule has 4 heteroatoms. The van der Waals surface area contributed by atoms with Gasteiger partial charge in [-0.1, -0.05) is 36.4 Å². The fraction of sp³-hybridized carbons (Fsp3) is 0.188. The number of benzene rings is 2. The van der Waals surface area contributed by atoms with E-state index in [0.717, 1.165) is 35.1 Å². The van der Waals surface area contributed by atoms with Gasteiger partial charge in [0.15, 0.2) is 0 Å². The number of aldehydes is 1. The van der Waals surface area contributed by atoms with Crippen molar-refractivity contribution in [3.63, 3.8) is 0 Å². The van der Waals surface area contributed by atoms with E-state index < -0.39 is 11.7 Å². The molecule has 0 saturated carbocycles. The van der Waals surface area contributed by atoms with Crippen molar-refractivity contribution in [2.24, 2.45) is 0 Å². The normalized spacial score (nSPS) is 11.3. The fourth-order valence-electron chi connectivity index (χ4n) is 1.94. The molecule has 0 aliphatic heterocycles. The standard InChI is InChI=1S/C16H13F3O/c17-16(18,19)15-9-7-14(8-10-15)13-5-3-12(4-6-13)2-1-11-20/h3-11H,1-2H2. The first kappa shape index (κ1) is 14.3. The number of hydrogen-bond donors (Lipinski definition) is 0. The number of carbonyl (C=O) groups excluding carboxylic acids is 1. The molecule has 1 nitrogen and oxygen atoms in total. The minimum absolute atomic E-state index is 0.472. The van der Waals surface area contributed by atoms with E-state index in [1.807, 2.05) is 24.3 Å². The van der Waals surface area contributed by atoms with Crippen LogP contribution < -0.4 is 0 Å². The number of halogens is 3. The summed E-state index contributed by atoms with van der Waals surface area (Å²) in [5.74, 6) is 0. The molecule has 20 heavy (non-hydrogen) atoms. The Kier molecular flexibility index (Phi) is 4.23. The average Bonchev–Trinajstić information content (AvgIpc) is 2.45. The maximum Gasteiger partial charge on any atom is 0.416 e. The number of alkyl halides is 3. The second-order valence-electron chi connectivity index (χ2n) is 4.48. The summed E-state index contributed by atoms with van der Waals surface area (Å²) in [4.78, 5) is 10.3. The zero-order valence-corrected chi connectivity index (χ0v) is 10.7. The summed E-state index contributed by atoms with van der Waals surface area (Å²) in [6.45, 7) is 0. The zero-order valence-electron chi connectivity index (χ0n) is 10.7. The number of carbonyl (C=O) groups is 1. The number of rotatable bonds is 4. The van der Waals surface area contributed by atoms with Gasteiger partial charge in [0.2, 0.25) is 0 Å². The molecule has 0 atom stereocenters. The molecule has 0 radical (unpaired) electrons. The molecule has 0 heterocycles. The van der Waals surface area contributed by atoms with Crippen LogP contribution in [0.25, 0.3) is 11.1 Å². The van der Waals surface area contributed by atoms with Gasteiger partial charge in [-0.15, -0.1) is 0 Å². The van der Waals surface area contributed by atoms with E-state index in [-0.39, 0.29) is 0 Å². The van der Waals surface area contributed by atoms with Crippen molar-refractivity contribution >= 4 is 6.29 Å². The van der Waals surface area contributed by atoms with E-state index in [9.17, 15) is 18.0 Å². The smallest absolute Gasteiger partial charge is 0.303 e. The van der Waals surface area contributed by atoms with Crippen molar-refractivity contribution in [1.29, 1.82) is 0 Å². The molecule has 0 amide bonds. The maximum atomic E-state index is 12.5. The van der Waals surface area contributed by atoms with Crippen molar-refractivity contribution in [1.82, 2.24) is 0 Å². The lowest BCUT2D eigenvalue weighted by atomic mass is 10.0. The monoisotopic (exact) mass is 278 g/mol. The summed E-state index contributed by atoms with van der Waals surface area (Å²) in [6.07, 6.45) is -2.29. The van der Waals surface area contributed by atoms with Gasteiger partial charge in [-0.3, -0.25) is 0 Å². The molecule has 0 saturated heterocycles. The van der Waals surface area contributed by atoms with Gasteiger partial charge in [-0.05, 0) is 35.2 Å². The van der Waals surface area contributed by atoms with Crippen LogP contribution in [0.5, 0.6) is 0 Å². The largest absolute Gasteiger partial charge is 0.416 e. The van der Waals surface area contributed by atoms with Crippen molar-refractivity contribution in [3.8, 4) is 11.1 Å². The van der Waals surface area contributed by atoms with Gasteiger partial charge in [0.1, 0.15) is 6.29 Å². The van der Waals surface area contributed by atoms with E-state index in [2.05, 4.69) is 0 Å². The van der Waals surface area contributed by atoms with Crippen LogP contribution in [0.4, 0.5) is 13.2 Å². The Morgan fingerprint density at radius 3 is 1.80 bits per heavy atom. The molecule has 104 valence electrons. The lowest BCUT2D eigenvalue weighted by Gasteiger charge is -2.08. The van der Waals surface area contributed by atoms with Crippen LogP contribution in [-0.2, 0) is 17.4 Å². The second kappa shape index (κ2) is 5.90. The van der Waals surface area contributed by atoms with Crippen LogP contribution in [0.1, 0.15) is 17.5 Å². The Bertz CT molecular complexity index is 568. The first-order valence-corrected chi connectivity index (χ1v) is 6.21. The molecule has 0 bridgehead atoms. The number of aryl methyl sites for hydroxylation is 1. The van der Waals surface area contributed by atoms with Crippen molar-refractivity contribution in [2.75, 3.05) is 0 Å². The molecule has 2 rings (SSSR count). The third-order valence-electron chi connectivity index (χ3n) is 3.05. The summed E-state index contributed by atoms with van der Waals surface area (Å²) >= 11 is 0. The molecule has 2 aromatic rings. The molecular weight excluding hydrogens is 265 g/mol. The molecule has 0 unspecified atom stereocenters. The minimum atomic E-state index is -4.31. The highest BCUT2D eigenvalue weighted by Gasteiger charge is 2.29. The van der Waals surface area contributed by atoms with Crippen LogP contribution >= 0.6 is 0 Å². The Morgan fingerprint density at radius 2 is 1.35 bits per heavy atom. The van der Waals surface area contributed by atoms with Crippen LogP contribution in [0.2, 0.25) is 0 Å². The van der Waals surface area contributed by atoms with Crippen molar-refractivity contribution < 1.29 is 18.0 Å². The molecular formula is C16H13F3O. The van der Waals surface area contributed by atoms with E-state index in [1.54, 1.807) is 0 Å². The van der Waals surface area contributed by atoms with Crippen LogP contribution in [0.3, 0.4) is 0 Å².